The zero-order chi connectivity index (χ0) is 50.6. The van der Waals surface area contributed by atoms with Crippen molar-refractivity contribution in [2.45, 2.75) is 373 Å². The van der Waals surface area contributed by atoms with Gasteiger partial charge in [-0.25, -0.2) is 0 Å². The maximum Gasteiger partial charge on any atom is 0.220 e. The predicted octanol–water partition coefficient (Wildman–Crippen LogP) is 21.6. The molecule has 0 spiro atoms. The van der Waals surface area contributed by atoms with Crippen LogP contribution in [0.4, 0.5) is 0 Å². The van der Waals surface area contributed by atoms with Gasteiger partial charge in [0.2, 0.25) is 5.91 Å². The van der Waals surface area contributed by atoms with Crippen molar-refractivity contribution in [2.24, 2.45) is 0 Å². The van der Waals surface area contributed by atoms with Gasteiger partial charge in [-0.15, -0.1) is 0 Å². The normalized spacial score (nSPS) is 12.9. The van der Waals surface area contributed by atoms with Gasteiger partial charge in [0.05, 0.1) is 18.8 Å². The second kappa shape index (κ2) is 61.9. The number of hydrogen-bond acceptors (Lipinski definition) is 3. The van der Waals surface area contributed by atoms with E-state index in [1.165, 1.54) is 308 Å². The van der Waals surface area contributed by atoms with E-state index in [1.807, 2.05) is 6.08 Å². The summed E-state index contributed by atoms with van der Waals surface area (Å²) in [5, 5.41) is 23.2. The number of aliphatic hydroxyl groups is 2. The van der Waals surface area contributed by atoms with Gasteiger partial charge in [0.15, 0.2) is 0 Å². The number of amides is 1. The summed E-state index contributed by atoms with van der Waals surface area (Å²) in [6, 6.07) is -0.639. The van der Waals surface area contributed by atoms with Gasteiger partial charge in [-0.3, -0.25) is 4.79 Å². The molecule has 0 aliphatic rings. The molecule has 0 aliphatic carbocycles. The van der Waals surface area contributed by atoms with Crippen LogP contribution in [-0.4, -0.2) is 34.9 Å². The average molecular weight is 983 g/mol. The molecule has 0 saturated heterocycles. The molecule has 0 radical (unpaired) electrons. The van der Waals surface area contributed by atoms with E-state index in [9.17, 15) is 15.0 Å². The molecule has 0 saturated carbocycles. The summed E-state index contributed by atoms with van der Waals surface area (Å²) < 4.78 is 0. The molecule has 0 fully saturated rings. The molecule has 1 amide bonds. The first-order valence-electron chi connectivity index (χ1n) is 32.2. The molecule has 4 nitrogen and oxygen atoms in total. The molecule has 414 valence electrons. The van der Waals surface area contributed by atoms with Crippen LogP contribution >= 0.6 is 0 Å². The summed E-state index contributed by atoms with van der Waals surface area (Å²) in [4.78, 5) is 12.5. The lowest BCUT2D eigenvalue weighted by Crippen LogP contribution is -2.45. The quantitative estimate of drug-likeness (QED) is 0.0420. The van der Waals surface area contributed by atoms with Gasteiger partial charge in [0.25, 0.3) is 0 Å². The highest BCUT2D eigenvalue weighted by atomic mass is 16.3. The Bertz CT molecular complexity index is 1070. The monoisotopic (exact) mass is 982 g/mol. The molecule has 70 heavy (non-hydrogen) atoms. The Hall–Kier alpha value is -1.39. The van der Waals surface area contributed by atoms with Crippen LogP contribution < -0.4 is 5.32 Å². The number of rotatable bonds is 60. The minimum absolute atomic E-state index is 0.0674. The number of carbonyl (C=O) groups excluding carboxylic acids is 1. The van der Waals surface area contributed by atoms with Gasteiger partial charge in [0, 0.05) is 6.42 Å². The van der Waals surface area contributed by atoms with Gasteiger partial charge in [-0.1, -0.05) is 333 Å². The fraction of sp³-hybridized carbons (Fsp3) is 0.894. The minimum atomic E-state index is -0.862. The summed E-state index contributed by atoms with van der Waals surface area (Å²) in [6.45, 7) is 4.34. The molecule has 2 unspecified atom stereocenters. The highest BCUT2D eigenvalue weighted by Gasteiger charge is 2.18. The van der Waals surface area contributed by atoms with E-state index in [0.717, 1.165) is 32.1 Å². The molecular weight excluding hydrogens is 855 g/mol. The Labute approximate surface area is 440 Å². The van der Waals surface area contributed by atoms with E-state index in [2.05, 4.69) is 43.5 Å². The number of carbonyl (C=O) groups is 1. The van der Waals surface area contributed by atoms with Crippen molar-refractivity contribution < 1.29 is 15.0 Å². The maximum atomic E-state index is 12.5. The van der Waals surface area contributed by atoms with Gasteiger partial charge in [-0.2, -0.15) is 0 Å². The first kappa shape index (κ1) is 68.6. The first-order chi connectivity index (χ1) is 34.7. The van der Waals surface area contributed by atoms with Gasteiger partial charge in [-0.05, 0) is 57.8 Å². The van der Waals surface area contributed by atoms with Crippen molar-refractivity contribution in [3.63, 3.8) is 0 Å². The van der Waals surface area contributed by atoms with Crippen molar-refractivity contribution in [2.75, 3.05) is 6.61 Å². The van der Waals surface area contributed by atoms with Gasteiger partial charge in [0.1, 0.15) is 0 Å². The molecule has 0 aromatic rings. The number of nitrogens with one attached hydrogen (secondary N) is 1. The molecule has 3 N–H and O–H groups in total. The van der Waals surface area contributed by atoms with Crippen molar-refractivity contribution in [1.29, 1.82) is 0 Å². The van der Waals surface area contributed by atoms with E-state index >= 15 is 0 Å². The highest BCUT2D eigenvalue weighted by molar-refractivity contribution is 5.76. The van der Waals surface area contributed by atoms with Crippen LogP contribution in [-0.2, 0) is 4.79 Å². The summed E-state index contributed by atoms with van der Waals surface area (Å²) in [5.41, 5.74) is 0. The van der Waals surface area contributed by atoms with Crippen LogP contribution in [0.5, 0.6) is 0 Å². The standard InChI is InChI=1S/C66H127NO3/c1-3-5-7-9-11-13-15-17-19-21-23-25-26-27-28-29-30-31-32-33-34-35-36-37-38-39-40-42-44-46-48-50-52-54-56-58-60-62-66(70)67-64(63-68)65(69)61-59-57-55-53-51-49-47-45-43-41-24-22-20-18-16-14-12-10-8-6-4-2/h31-32,51,53,59,61,64-65,68-69H,3-30,33-50,52,54-58,60,62-63H2,1-2H3,(H,67,70)/b32-31-,53-51+,61-59+. The molecule has 0 rings (SSSR count). The molecule has 0 aliphatic heterocycles. The van der Waals surface area contributed by atoms with Crippen LogP contribution in [0.15, 0.2) is 36.5 Å². The van der Waals surface area contributed by atoms with Gasteiger partial charge >= 0.3 is 0 Å². The second-order valence-electron chi connectivity index (χ2n) is 22.2. The molecule has 0 bridgehead atoms. The third-order valence-electron chi connectivity index (χ3n) is 15.1. The molecular formula is C66H127NO3. The maximum absolute atomic E-state index is 12.5. The number of allylic oxidation sites excluding steroid dienone is 5. The molecule has 0 heterocycles. The van der Waals surface area contributed by atoms with Crippen LogP contribution in [0, 0.1) is 0 Å². The third-order valence-corrected chi connectivity index (χ3v) is 15.1. The van der Waals surface area contributed by atoms with Crippen LogP contribution in [0.25, 0.3) is 0 Å². The summed E-state index contributed by atoms with van der Waals surface area (Å²) >= 11 is 0. The fourth-order valence-electron chi connectivity index (χ4n) is 10.2. The topological polar surface area (TPSA) is 69.6 Å². The van der Waals surface area contributed by atoms with E-state index < -0.39 is 12.1 Å². The fourth-order valence-corrected chi connectivity index (χ4v) is 10.2. The summed E-state index contributed by atoms with van der Waals surface area (Å²) in [5.74, 6) is -0.0674. The van der Waals surface area contributed by atoms with Gasteiger partial charge < -0.3 is 15.5 Å². The van der Waals surface area contributed by atoms with Crippen molar-refractivity contribution >= 4 is 5.91 Å². The third kappa shape index (κ3) is 57.5. The largest absolute Gasteiger partial charge is 0.394 e. The average Bonchev–Trinajstić information content (AvgIpc) is 3.36. The zero-order valence-corrected chi connectivity index (χ0v) is 47.8. The van der Waals surface area contributed by atoms with Crippen LogP contribution in [0.3, 0.4) is 0 Å². The Kier molecular flexibility index (Phi) is 60.7. The number of unbranched alkanes of at least 4 members (excludes halogenated alkanes) is 49. The van der Waals surface area contributed by atoms with Crippen molar-refractivity contribution in [3.8, 4) is 0 Å². The first-order valence-corrected chi connectivity index (χ1v) is 32.2. The lowest BCUT2D eigenvalue weighted by Gasteiger charge is -2.19. The molecule has 0 aromatic heterocycles. The predicted molar refractivity (Wildman–Crippen MR) is 313 cm³/mol. The van der Waals surface area contributed by atoms with E-state index in [1.54, 1.807) is 6.08 Å². The summed E-state index contributed by atoms with van der Waals surface area (Å²) in [6.07, 6.45) is 85.0. The minimum Gasteiger partial charge on any atom is -0.394 e. The van der Waals surface area contributed by atoms with E-state index in [-0.39, 0.29) is 12.5 Å². The van der Waals surface area contributed by atoms with Crippen LogP contribution in [0.2, 0.25) is 0 Å². The summed E-state index contributed by atoms with van der Waals surface area (Å²) in [7, 11) is 0. The molecule has 2 atom stereocenters. The number of hydrogen-bond donors (Lipinski definition) is 3. The number of aliphatic hydroxyl groups excluding tert-OH is 2. The second-order valence-corrected chi connectivity index (χ2v) is 22.2. The van der Waals surface area contributed by atoms with Crippen LogP contribution in [0.1, 0.15) is 361 Å². The smallest absolute Gasteiger partial charge is 0.220 e. The zero-order valence-electron chi connectivity index (χ0n) is 47.8. The van der Waals surface area contributed by atoms with E-state index in [0.29, 0.717) is 6.42 Å². The van der Waals surface area contributed by atoms with Crippen molar-refractivity contribution in [3.05, 3.63) is 36.5 Å². The Morgan fingerprint density at radius 3 is 0.829 bits per heavy atom. The van der Waals surface area contributed by atoms with Crippen molar-refractivity contribution in [1.82, 2.24) is 5.32 Å². The lowest BCUT2D eigenvalue weighted by atomic mass is 10.0. The SMILES string of the molecule is CCCCCCCCCCCCCCCCC/C=C/CC/C=C/C(O)C(CO)NC(=O)CCCCCCCCCCCCCCCCCCC/C=C\CCCCCCCCCCCCCCCCCC. The van der Waals surface area contributed by atoms with E-state index in [4.69, 9.17) is 0 Å². The lowest BCUT2D eigenvalue weighted by molar-refractivity contribution is -0.123. The Morgan fingerprint density at radius 1 is 0.329 bits per heavy atom. The Balaban J connectivity index is 3.43. The molecule has 0 aromatic carbocycles. The Morgan fingerprint density at radius 2 is 0.557 bits per heavy atom. The highest BCUT2D eigenvalue weighted by Crippen LogP contribution is 2.18. The molecule has 4 heteroatoms.